The van der Waals surface area contributed by atoms with E-state index in [1.54, 1.807) is 0 Å². The van der Waals surface area contributed by atoms with Gasteiger partial charge in [-0.05, 0) is 13.8 Å². The number of nitrogens with zero attached hydrogens (tertiary/aromatic N) is 2. The Bertz CT molecular complexity index is 159. The minimum Gasteiger partial charge on any atom is -0.362 e. The van der Waals surface area contributed by atoms with E-state index < -0.39 is 0 Å². The third-order valence-electron chi connectivity index (χ3n) is 2.51. The zero-order valence-corrected chi connectivity index (χ0v) is 8.40. The van der Waals surface area contributed by atoms with E-state index in [1.165, 1.54) is 0 Å². The van der Waals surface area contributed by atoms with Gasteiger partial charge in [0.25, 0.3) is 0 Å². The van der Waals surface area contributed by atoms with Crippen molar-refractivity contribution in [3.63, 3.8) is 0 Å². The van der Waals surface area contributed by atoms with Crippen LogP contribution in [-0.2, 0) is 9.47 Å². The first kappa shape index (κ1) is 9.40. The molecule has 0 bridgehead atoms. The fourth-order valence-corrected chi connectivity index (χ4v) is 1.88. The van der Waals surface area contributed by atoms with Gasteiger partial charge in [0.1, 0.15) is 13.5 Å². The Morgan fingerprint density at radius 2 is 1.46 bits per heavy atom. The van der Waals surface area contributed by atoms with Crippen molar-refractivity contribution in [1.82, 2.24) is 9.80 Å². The molecule has 2 saturated heterocycles. The Hall–Kier alpha value is -0.160. The molecular formula is C9H18N2O2. The lowest BCUT2D eigenvalue weighted by Gasteiger charge is -2.20. The Labute approximate surface area is 79.4 Å². The van der Waals surface area contributed by atoms with Crippen LogP contribution >= 0.6 is 0 Å². The summed E-state index contributed by atoms with van der Waals surface area (Å²) in [6, 6.07) is 0. The molecule has 4 nitrogen and oxygen atoms in total. The molecule has 2 aliphatic heterocycles. The van der Waals surface area contributed by atoms with Gasteiger partial charge in [-0.25, -0.2) is 0 Å². The number of hydrogen-bond acceptors (Lipinski definition) is 4. The molecule has 0 aromatic heterocycles. The van der Waals surface area contributed by atoms with Crippen molar-refractivity contribution in [2.24, 2.45) is 0 Å². The third kappa shape index (κ3) is 2.40. The highest BCUT2D eigenvalue weighted by atomic mass is 16.5. The van der Waals surface area contributed by atoms with Crippen LogP contribution in [0.5, 0.6) is 0 Å². The lowest BCUT2D eigenvalue weighted by atomic mass is 10.4. The minimum absolute atomic E-state index is 0.390. The van der Waals surface area contributed by atoms with E-state index in [0.29, 0.717) is 12.2 Å². The summed E-state index contributed by atoms with van der Waals surface area (Å²) < 4.78 is 10.9. The van der Waals surface area contributed by atoms with E-state index in [0.717, 1.165) is 33.2 Å². The number of rotatable bonds is 2. The summed E-state index contributed by atoms with van der Waals surface area (Å²) in [6.45, 7) is 8.84. The van der Waals surface area contributed by atoms with Gasteiger partial charge < -0.3 is 9.47 Å². The van der Waals surface area contributed by atoms with Gasteiger partial charge in [0.05, 0.1) is 18.9 Å². The smallest absolute Gasteiger partial charge is 0.101 e. The van der Waals surface area contributed by atoms with Crippen LogP contribution < -0.4 is 0 Å². The molecule has 0 aromatic carbocycles. The second kappa shape index (κ2) is 3.92. The van der Waals surface area contributed by atoms with Crippen LogP contribution in [0, 0.1) is 0 Å². The molecule has 0 unspecified atom stereocenters. The Kier molecular flexibility index (Phi) is 2.83. The molecule has 0 radical (unpaired) electrons. The quantitative estimate of drug-likeness (QED) is 0.619. The third-order valence-corrected chi connectivity index (χ3v) is 2.51. The molecule has 0 spiro atoms. The Balaban J connectivity index is 1.72. The molecule has 13 heavy (non-hydrogen) atoms. The van der Waals surface area contributed by atoms with Crippen molar-refractivity contribution in [2.45, 2.75) is 26.1 Å². The molecule has 0 amide bonds. The van der Waals surface area contributed by atoms with E-state index in [1.807, 2.05) is 0 Å². The van der Waals surface area contributed by atoms with Crippen molar-refractivity contribution >= 4 is 0 Å². The van der Waals surface area contributed by atoms with Crippen molar-refractivity contribution in [2.75, 3.05) is 33.2 Å². The van der Waals surface area contributed by atoms with E-state index >= 15 is 0 Å². The number of hydrogen-bond donors (Lipinski definition) is 0. The molecule has 0 N–H and O–H groups in total. The highest BCUT2D eigenvalue weighted by Gasteiger charge is 2.25. The molecule has 2 heterocycles. The molecule has 4 heteroatoms. The molecule has 2 fully saturated rings. The highest BCUT2D eigenvalue weighted by molar-refractivity contribution is 4.70. The first-order chi connectivity index (χ1) is 6.24. The summed E-state index contributed by atoms with van der Waals surface area (Å²) in [6.07, 6.45) is 0.780. The van der Waals surface area contributed by atoms with Gasteiger partial charge >= 0.3 is 0 Å². The largest absolute Gasteiger partial charge is 0.362 e. The predicted octanol–water partition coefficient (Wildman–Crippen LogP) is 0.300. The monoisotopic (exact) mass is 186 g/mol. The molecule has 76 valence electrons. The summed E-state index contributed by atoms with van der Waals surface area (Å²) in [4.78, 5) is 4.62. The summed E-state index contributed by atoms with van der Waals surface area (Å²) in [5.74, 6) is 0. The van der Waals surface area contributed by atoms with Gasteiger partial charge in [-0.1, -0.05) is 0 Å². The van der Waals surface area contributed by atoms with Gasteiger partial charge in [0, 0.05) is 13.1 Å². The molecule has 2 atom stereocenters. The maximum atomic E-state index is 5.46. The minimum atomic E-state index is 0.390. The lowest BCUT2D eigenvalue weighted by Crippen LogP contribution is -2.35. The SMILES string of the molecule is C[C@@H]1CN(CN2CO[C@@H](C)C2)CO1. The van der Waals surface area contributed by atoms with Crippen molar-refractivity contribution < 1.29 is 9.47 Å². The summed E-state index contributed by atoms with van der Waals surface area (Å²) in [7, 11) is 0. The summed E-state index contributed by atoms with van der Waals surface area (Å²) in [5, 5.41) is 0. The average Bonchev–Trinajstić information content (AvgIpc) is 2.62. The first-order valence-corrected chi connectivity index (χ1v) is 4.92. The lowest BCUT2D eigenvalue weighted by molar-refractivity contribution is 0.0551. The van der Waals surface area contributed by atoms with Gasteiger partial charge in [0.2, 0.25) is 0 Å². The zero-order chi connectivity index (χ0) is 9.26. The van der Waals surface area contributed by atoms with Gasteiger partial charge in [0.15, 0.2) is 0 Å². The van der Waals surface area contributed by atoms with Crippen LogP contribution in [-0.4, -0.2) is 55.2 Å². The highest BCUT2D eigenvalue weighted by Crippen LogP contribution is 2.12. The molecule has 2 aliphatic rings. The standard InChI is InChI=1S/C9H18N2O2/c1-8-3-10(6-12-8)5-11-4-9(2)13-7-11/h8-9H,3-7H2,1-2H3/t8-,9+. The average molecular weight is 186 g/mol. The van der Waals surface area contributed by atoms with Crippen LogP contribution in [0.15, 0.2) is 0 Å². The molecule has 0 aromatic rings. The van der Waals surface area contributed by atoms with E-state index in [2.05, 4.69) is 23.6 Å². The van der Waals surface area contributed by atoms with E-state index in [4.69, 9.17) is 9.47 Å². The van der Waals surface area contributed by atoms with Crippen molar-refractivity contribution in [1.29, 1.82) is 0 Å². The van der Waals surface area contributed by atoms with Crippen LogP contribution in [0.4, 0.5) is 0 Å². The van der Waals surface area contributed by atoms with Gasteiger partial charge in [-0.3, -0.25) is 9.80 Å². The maximum absolute atomic E-state index is 5.46. The normalized spacial score (nSPS) is 37.4. The van der Waals surface area contributed by atoms with E-state index in [-0.39, 0.29) is 0 Å². The van der Waals surface area contributed by atoms with Crippen molar-refractivity contribution in [3.8, 4) is 0 Å². The van der Waals surface area contributed by atoms with Crippen LogP contribution in [0.1, 0.15) is 13.8 Å². The first-order valence-electron chi connectivity index (χ1n) is 4.92. The predicted molar refractivity (Wildman–Crippen MR) is 49.1 cm³/mol. The maximum Gasteiger partial charge on any atom is 0.101 e. The van der Waals surface area contributed by atoms with E-state index in [9.17, 15) is 0 Å². The Morgan fingerprint density at radius 3 is 1.77 bits per heavy atom. The topological polar surface area (TPSA) is 24.9 Å². The zero-order valence-electron chi connectivity index (χ0n) is 8.40. The van der Waals surface area contributed by atoms with Crippen LogP contribution in [0.3, 0.4) is 0 Å². The molecule has 0 aliphatic carbocycles. The summed E-state index contributed by atoms with van der Waals surface area (Å²) >= 11 is 0. The molecular weight excluding hydrogens is 168 g/mol. The molecule has 2 rings (SSSR count). The van der Waals surface area contributed by atoms with Gasteiger partial charge in [-0.2, -0.15) is 0 Å². The molecule has 0 saturated carbocycles. The van der Waals surface area contributed by atoms with Crippen LogP contribution in [0.2, 0.25) is 0 Å². The Morgan fingerprint density at radius 1 is 1.00 bits per heavy atom. The van der Waals surface area contributed by atoms with Crippen LogP contribution in [0.25, 0.3) is 0 Å². The fourth-order valence-electron chi connectivity index (χ4n) is 1.88. The fraction of sp³-hybridized carbons (Fsp3) is 1.00. The van der Waals surface area contributed by atoms with Gasteiger partial charge in [-0.15, -0.1) is 0 Å². The van der Waals surface area contributed by atoms with Crippen molar-refractivity contribution in [3.05, 3.63) is 0 Å². The summed E-state index contributed by atoms with van der Waals surface area (Å²) in [5.41, 5.74) is 0. The second-order valence-electron chi connectivity index (χ2n) is 4.06. The second-order valence-corrected chi connectivity index (χ2v) is 4.06. The number of ether oxygens (including phenoxy) is 2.